The van der Waals surface area contributed by atoms with Crippen molar-refractivity contribution in [3.63, 3.8) is 0 Å². The lowest BCUT2D eigenvalue weighted by atomic mass is 10.3. The molecule has 0 radical (unpaired) electrons. The number of rotatable bonds is 11. The van der Waals surface area contributed by atoms with Crippen molar-refractivity contribution < 1.29 is 26.0 Å². The molecule has 0 fully saturated rings. The lowest BCUT2D eigenvalue weighted by molar-refractivity contribution is 0.322. The van der Waals surface area contributed by atoms with Crippen LogP contribution < -0.4 is 5.73 Å². The van der Waals surface area contributed by atoms with Crippen LogP contribution in [0.1, 0.15) is 5.56 Å². The second-order valence-corrected chi connectivity index (χ2v) is 35.4. The minimum Gasteiger partial charge on any atom is -0.350 e. The summed E-state index contributed by atoms with van der Waals surface area (Å²) in [7, 11) is -18.6. The summed E-state index contributed by atoms with van der Waals surface area (Å²) in [6.07, 6.45) is 3.01. The zero-order valence-corrected chi connectivity index (χ0v) is 27.5. The van der Waals surface area contributed by atoms with Crippen LogP contribution >= 0.6 is 15.2 Å². The standard InChI is InChI=1S/C18H42N2O6P2Si4/c1-29(2,3)23-27(21,24-30(4,5)6)18(19,17-14-13-15-20-16-17)28(22,25-31(7,8)9)26-32(10,11)12/h13-16H,19H2,1-12H3. The van der Waals surface area contributed by atoms with Crippen molar-refractivity contribution in [1.29, 1.82) is 0 Å². The molecule has 0 aromatic carbocycles. The van der Waals surface area contributed by atoms with Crippen molar-refractivity contribution in [3.8, 4) is 0 Å². The second-order valence-electron chi connectivity index (χ2n) is 11.8. The average Bonchev–Trinajstić information content (AvgIpc) is 2.47. The molecule has 186 valence electrons. The maximum absolute atomic E-state index is 14.9. The molecule has 0 saturated heterocycles. The van der Waals surface area contributed by atoms with E-state index in [4.69, 9.17) is 22.6 Å². The summed E-state index contributed by atoms with van der Waals surface area (Å²) >= 11 is 0. The number of nitrogens with zero attached hydrogens (tertiary/aromatic N) is 1. The maximum Gasteiger partial charge on any atom is 0.348 e. The third kappa shape index (κ3) is 8.19. The molecule has 1 aromatic heterocycles. The summed E-state index contributed by atoms with van der Waals surface area (Å²) in [5, 5.41) is -2.17. The SMILES string of the molecule is C[Si](C)(C)OP(=O)(O[Si](C)(C)C)C(N)(c1cccnc1)P(=O)(O[Si](C)(C)C)O[Si](C)(C)C. The van der Waals surface area contributed by atoms with Crippen LogP contribution in [0.2, 0.25) is 78.6 Å². The molecule has 0 bridgehead atoms. The quantitative estimate of drug-likeness (QED) is 0.230. The minimum absolute atomic E-state index is 0.250. The van der Waals surface area contributed by atoms with E-state index in [0.29, 0.717) is 0 Å². The Morgan fingerprint density at radius 2 is 1.03 bits per heavy atom. The van der Waals surface area contributed by atoms with Crippen LogP contribution in [0, 0.1) is 0 Å². The first-order valence-electron chi connectivity index (χ1n) is 10.7. The lowest BCUT2D eigenvalue weighted by Crippen LogP contribution is -2.47. The summed E-state index contributed by atoms with van der Waals surface area (Å²) in [4.78, 5) is 4.16. The largest absolute Gasteiger partial charge is 0.350 e. The molecule has 14 heteroatoms. The highest BCUT2D eigenvalue weighted by molar-refractivity contribution is 7.75. The second kappa shape index (κ2) is 9.73. The van der Waals surface area contributed by atoms with Crippen LogP contribution in [0.15, 0.2) is 24.5 Å². The van der Waals surface area contributed by atoms with Crippen LogP contribution in [0.25, 0.3) is 0 Å². The van der Waals surface area contributed by atoms with Crippen molar-refractivity contribution >= 4 is 48.5 Å². The third-order valence-corrected chi connectivity index (χ3v) is 19.8. The Labute approximate surface area is 198 Å². The monoisotopic (exact) mass is 556 g/mol. The molecule has 8 nitrogen and oxygen atoms in total. The fraction of sp³-hybridized carbons (Fsp3) is 0.722. The Balaban J connectivity index is 4.10. The van der Waals surface area contributed by atoms with E-state index in [9.17, 15) is 9.13 Å². The van der Waals surface area contributed by atoms with Crippen LogP contribution in [0.4, 0.5) is 0 Å². The third-order valence-electron chi connectivity index (χ3n) is 3.50. The Bertz CT molecular complexity index is 787. The summed E-state index contributed by atoms with van der Waals surface area (Å²) in [5.41, 5.74) is 7.28. The fourth-order valence-electron chi connectivity index (χ4n) is 2.80. The van der Waals surface area contributed by atoms with Gasteiger partial charge in [0.1, 0.15) is 0 Å². The first kappa shape index (κ1) is 30.3. The molecule has 0 aliphatic rings. The minimum atomic E-state index is -4.31. The zero-order valence-electron chi connectivity index (χ0n) is 21.7. The number of aromatic nitrogens is 1. The Morgan fingerprint density at radius 1 is 0.719 bits per heavy atom. The number of pyridine rings is 1. The van der Waals surface area contributed by atoms with Crippen LogP contribution in [-0.4, -0.2) is 38.3 Å². The van der Waals surface area contributed by atoms with Crippen molar-refractivity contribution in [2.24, 2.45) is 5.73 Å². The molecule has 0 amide bonds. The van der Waals surface area contributed by atoms with Gasteiger partial charge in [-0.1, -0.05) is 6.07 Å². The number of hydrogen-bond acceptors (Lipinski definition) is 8. The smallest absolute Gasteiger partial charge is 0.348 e. The molecule has 0 unspecified atom stereocenters. The van der Waals surface area contributed by atoms with E-state index in [1.807, 2.05) is 78.6 Å². The van der Waals surface area contributed by atoms with Gasteiger partial charge in [-0.05, 0) is 84.6 Å². The van der Waals surface area contributed by atoms with Crippen molar-refractivity contribution in [1.82, 2.24) is 4.98 Å². The van der Waals surface area contributed by atoms with Gasteiger partial charge in [-0.2, -0.15) is 0 Å². The van der Waals surface area contributed by atoms with Gasteiger partial charge < -0.3 is 22.6 Å². The van der Waals surface area contributed by atoms with E-state index in [1.54, 1.807) is 18.3 Å². The first-order valence-corrected chi connectivity index (χ1v) is 27.4. The molecule has 0 aliphatic heterocycles. The normalized spacial score (nSPS) is 15.2. The summed E-state index contributed by atoms with van der Waals surface area (Å²) in [6, 6.07) is 3.28. The molecule has 0 spiro atoms. The molecule has 1 aromatic rings. The van der Waals surface area contributed by atoms with E-state index in [-0.39, 0.29) is 5.56 Å². The van der Waals surface area contributed by atoms with E-state index in [1.165, 1.54) is 6.20 Å². The van der Waals surface area contributed by atoms with Gasteiger partial charge in [-0.3, -0.25) is 14.1 Å². The van der Waals surface area contributed by atoms with Gasteiger partial charge >= 0.3 is 15.2 Å². The highest BCUT2D eigenvalue weighted by atomic mass is 31.2. The molecular formula is C18H42N2O6P2Si4. The Kier molecular flexibility index (Phi) is 9.22. The highest BCUT2D eigenvalue weighted by Crippen LogP contribution is 2.81. The molecular weight excluding hydrogens is 514 g/mol. The molecule has 0 saturated carbocycles. The number of nitrogens with two attached hydrogens (primary N) is 1. The van der Waals surface area contributed by atoms with Crippen LogP contribution in [0.5, 0.6) is 0 Å². The van der Waals surface area contributed by atoms with E-state index < -0.39 is 53.5 Å². The average molecular weight is 557 g/mol. The predicted molar refractivity (Wildman–Crippen MR) is 143 cm³/mol. The molecule has 32 heavy (non-hydrogen) atoms. The van der Waals surface area contributed by atoms with Crippen molar-refractivity contribution in [3.05, 3.63) is 30.1 Å². The van der Waals surface area contributed by atoms with Gasteiger partial charge in [0.15, 0.2) is 33.3 Å². The van der Waals surface area contributed by atoms with E-state index in [0.717, 1.165) is 0 Å². The van der Waals surface area contributed by atoms with Gasteiger partial charge in [0.2, 0.25) is 5.02 Å². The van der Waals surface area contributed by atoms with Crippen molar-refractivity contribution in [2.75, 3.05) is 0 Å². The zero-order chi connectivity index (χ0) is 25.4. The summed E-state index contributed by atoms with van der Waals surface area (Å²) in [6.45, 7) is 22.7. The molecule has 1 rings (SSSR count). The van der Waals surface area contributed by atoms with E-state index in [2.05, 4.69) is 4.98 Å². The summed E-state index contributed by atoms with van der Waals surface area (Å²) in [5.74, 6) is 0. The summed E-state index contributed by atoms with van der Waals surface area (Å²) < 4.78 is 54.7. The van der Waals surface area contributed by atoms with Gasteiger partial charge in [-0.15, -0.1) is 0 Å². The first-order chi connectivity index (χ1) is 13.9. The van der Waals surface area contributed by atoms with Gasteiger partial charge in [0.05, 0.1) is 0 Å². The van der Waals surface area contributed by atoms with E-state index >= 15 is 0 Å². The molecule has 1 heterocycles. The topological polar surface area (TPSA) is 110 Å². The fourth-order valence-corrected chi connectivity index (χ4v) is 21.1. The Hall–Kier alpha value is 0.278. The van der Waals surface area contributed by atoms with Gasteiger partial charge in [0.25, 0.3) is 0 Å². The van der Waals surface area contributed by atoms with Crippen LogP contribution in [0.3, 0.4) is 0 Å². The molecule has 2 N–H and O–H groups in total. The molecule has 0 atom stereocenters. The highest BCUT2D eigenvalue weighted by Gasteiger charge is 2.67. The molecule has 0 aliphatic carbocycles. The van der Waals surface area contributed by atoms with Crippen molar-refractivity contribution in [2.45, 2.75) is 83.6 Å². The van der Waals surface area contributed by atoms with Gasteiger partial charge in [-0.25, -0.2) is 0 Å². The maximum atomic E-state index is 14.9. The lowest BCUT2D eigenvalue weighted by Gasteiger charge is -2.46. The van der Waals surface area contributed by atoms with Crippen LogP contribution in [-0.2, 0) is 31.0 Å². The Morgan fingerprint density at radius 3 is 1.25 bits per heavy atom. The van der Waals surface area contributed by atoms with Gasteiger partial charge in [0, 0.05) is 18.0 Å². The number of hydrogen-bond donors (Lipinski definition) is 1. The predicted octanol–water partition coefficient (Wildman–Crippen LogP) is 6.94.